The minimum Gasteiger partial charge on any atom is -0.389 e. The maximum atomic E-state index is 13.8. The molecule has 0 aromatic heterocycles. The summed E-state index contributed by atoms with van der Waals surface area (Å²) in [5.41, 5.74) is 6.46. The van der Waals surface area contributed by atoms with Gasteiger partial charge in [-0.1, -0.05) is 12.2 Å². The third kappa shape index (κ3) is 4.13. The summed E-state index contributed by atoms with van der Waals surface area (Å²) in [5.74, 6) is -0.388. The van der Waals surface area contributed by atoms with Gasteiger partial charge in [0.2, 0.25) is 0 Å². The van der Waals surface area contributed by atoms with Gasteiger partial charge in [-0.15, -0.1) is 0 Å². The van der Waals surface area contributed by atoms with E-state index in [0.717, 1.165) is 38.5 Å². The van der Waals surface area contributed by atoms with Gasteiger partial charge < -0.3 is 15.8 Å². The lowest BCUT2D eigenvalue weighted by atomic mass is 10.1. The van der Waals surface area contributed by atoms with Crippen molar-refractivity contribution in [3.63, 3.8) is 0 Å². The first-order valence-electron chi connectivity index (χ1n) is 6.72. The molecule has 1 aliphatic heterocycles. The number of nitrogens with two attached hydrogens (primary N) is 1. The van der Waals surface area contributed by atoms with Gasteiger partial charge in [-0.05, 0) is 25.1 Å². The Morgan fingerprint density at radius 2 is 2.20 bits per heavy atom. The Kier molecular flexibility index (Phi) is 5.28. The van der Waals surface area contributed by atoms with Gasteiger partial charge in [0.25, 0.3) is 0 Å². The summed E-state index contributed by atoms with van der Waals surface area (Å²) in [6.45, 7) is 6.44. The average Bonchev–Trinajstić information content (AvgIpc) is 2.39. The van der Waals surface area contributed by atoms with E-state index in [1.54, 1.807) is 12.1 Å². The highest BCUT2D eigenvalue weighted by Gasteiger charge is 2.14. The Hall–Kier alpha value is -1.24. The van der Waals surface area contributed by atoms with Crippen LogP contribution in [0, 0.1) is 5.82 Å². The smallest absolute Gasteiger partial charge is 0.135 e. The van der Waals surface area contributed by atoms with Gasteiger partial charge in [-0.25, -0.2) is 4.39 Å². The lowest BCUT2D eigenvalue weighted by molar-refractivity contribution is 0.0368. The predicted molar refractivity (Wildman–Crippen MR) is 82.6 cm³/mol. The van der Waals surface area contributed by atoms with Crippen molar-refractivity contribution in [1.82, 2.24) is 4.90 Å². The SMILES string of the molecule is CC(CN1CCOCC1)Nc1ccc(C(N)=S)c(F)c1. The fourth-order valence-corrected chi connectivity index (χ4v) is 2.47. The molecule has 1 atom stereocenters. The summed E-state index contributed by atoms with van der Waals surface area (Å²) < 4.78 is 19.1. The van der Waals surface area contributed by atoms with Crippen LogP contribution in [0.1, 0.15) is 12.5 Å². The molecule has 20 heavy (non-hydrogen) atoms. The van der Waals surface area contributed by atoms with Gasteiger partial charge in [-0.3, -0.25) is 4.90 Å². The molecule has 4 nitrogen and oxygen atoms in total. The minimum atomic E-state index is -0.388. The first-order chi connectivity index (χ1) is 9.56. The molecule has 1 aliphatic rings. The summed E-state index contributed by atoms with van der Waals surface area (Å²) in [6, 6.07) is 5.07. The van der Waals surface area contributed by atoms with E-state index >= 15 is 0 Å². The molecule has 6 heteroatoms. The number of morpholine rings is 1. The molecule has 110 valence electrons. The highest BCUT2D eigenvalue weighted by Crippen LogP contribution is 2.15. The maximum absolute atomic E-state index is 13.8. The molecule has 2 rings (SSSR count). The Labute approximate surface area is 124 Å². The number of ether oxygens (including phenoxy) is 1. The summed E-state index contributed by atoms with van der Waals surface area (Å²) in [4.78, 5) is 2.41. The van der Waals surface area contributed by atoms with E-state index < -0.39 is 0 Å². The molecule has 0 amide bonds. The largest absolute Gasteiger partial charge is 0.389 e. The van der Waals surface area contributed by atoms with Gasteiger partial charge in [0, 0.05) is 36.9 Å². The van der Waals surface area contributed by atoms with Gasteiger partial charge >= 0.3 is 0 Å². The zero-order valence-corrected chi connectivity index (χ0v) is 12.4. The third-order valence-corrected chi connectivity index (χ3v) is 3.50. The molecule has 1 aromatic rings. The second-order valence-electron chi connectivity index (χ2n) is 5.02. The Balaban J connectivity index is 1.92. The van der Waals surface area contributed by atoms with E-state index in [-0.39, 0.29) is 22.4 Å². The predicted octanol–water partition coefficient (Wildman–Crippen LogP) is 1.59. The maximum Gasteiger partial charge on any atom is 0.135 e. The van der Waals surface area contributed by atoms with Gasteiger partial charge in [0.05, 0.1) is 13.2 Å². The highest BCUT2D eigenvalue weighted by atomic mass is 32.1. The molecule has 3 N–H and O–H groups in total. The van der Waals surface area contributed by atoms with E-state index in [1.807, 2.05) is 0 Å². The van der Waals surface area contributed by atoms with Crippen LogP contribution in [0.15, 0.2) is 18.2 Å². The normalized spacial score (nSPS) is 17.7. The third-order valence-electron chi connectivity index (χ3n) is 3.28. The minimum absolute atomic E-state index is 0.0791. The van der Waals surface area contributed by atoms with E-state index in [2.05, 4.69) is 17.1 Å². The van der Waals surface area contributed by atoms with Crippen molar-refractivity contribution in [3.05, 3.63) is 29.6 Å². The van der Waals surface area contributed by atoms with Gasteiger partial charge in [-0.2, -0.15) is 0 Å². The number of benzene rings is 1. The molecule has 0 radical (unpaired) electrons. The van der Waals surface area contributed by atoms with Crippen molar-refractivity contribution in [2.24, 2.45) is 5.73 Å². The first-order valence-corrected chi connectivity index (χ1v) is 7.13. The summed E-state index contributed by atoms with van der Waals surface area (Å²) in [5, 5.41) is 3.29. The summed E-state index contributed by atoms with van der Waals surface area (Å²) in [7, 11) is 0. The second-order valence-corrected chi connectivity index (χ2v) is 5.46. The van der Waals surface area contributed by atoms with Crippen LogP contribution in [0.3, 0.4) is 0 Å². The molecule has 0 saturated carbocycles. The zero-order valence-electron chi connectivity index (χ0n) is 11.6. The van der Waals surface area contributed by atoms with Crippen molar-refractivity contribution in [3.8, 4) is 0 Å². The molecule has 1 fully saturated rings. The number of nitrogens with zero attached hydrogens (tertiary/aromatic N) is 1. The average molecular weight is 297 g/mol. The van der Waals surface area contributed by atoms with Crippen LogP contribution in [-0.2, 0) is 4.74 Å². The second kappa shape index (κ2) is 6.97. The van der Waals surface area contributed by atoms with Crippen LogP contribution in [0.25, 0.3) is 0 Å². The topological polar surface area (TPSA) is 50.5 Å². The molecule has 0 spiro atoms. The molecular formula is C14H20FN3OS. The van der Waals surface area contributed by atoms with Crippen LogP contribution >= 0.6 is 12.2 Å². The number of hydrogen-bond donors (Lipinski definition) is 2. The number of rotatable bonds is 5. The molecule has 1 saturated heterocycles. The number of thiocarbonyl (C=S) groups is 1. The Bertz CT molecular complexity index is 477. The monoisotopic (exact) mass is 297 g/mol. The van der Waals surface area contributed by atoms with E-state index in [9.17, 15) is 4.39 Å². The number of anilines is 1. The van der Waals surface area contributed by atoms with Crippen LogP contribution in [0.2, 0.25) is 0 Å². The molecule has 0 aliphatic carbocycles. The highest BCUT2D eigenvalue weighted by molar-refractivity contribution is 7.80. The number of hydrogen-bond acceptors (Lipinski definition) is 4. The van der Waals surface area contributed by atoms with Crippen LogP contribution in [0.4, 0.5) is 10.1 Å². The van der Waals surface area contributed by atoms with Crippen molar-refractivity contribution in [1.29, 1.82) is 0 Å². The lowest BCUT2D eigenvalue weighted by Crippen LogP contribution is -2.42. The molecule has 1 heterocycles. The molecule has 1 aromatic carbocycles. The Morgan fingerprint density at radius 1 is 1.50 bits per heavy atom. The molecule has 1 unspecified atom stereocenters. The van der Waals surface area contributed by atoms with Crippen LogP contribution in [0.5, 0.6) is 0 Å². The van der Waals surface area contributed by atoms with Crippen molar-refractivity contribution < 1.29 is 9.13 Å². The fraction of sp³-hybridized carbons (Fsp3) is 0.500. The fourth-order valence-electron chi connectivity index (χ4n) is 2.31. The van der Waals surface area contributed by atoms with Gasteiger partial charge in [0.1, 0.15) is 10.8 Å². The number of nitrogens with one attached hydrogen (secondary N) is 1. The van der Waals surface area contributed by atoms with Crippen LogP contribution in [-0.4, -0.2) is 48.8 Å². The van der Waals surface area contributed by atoms with Crippen molar-refractivity contribution >= 4 is 22.9 Å². The van der Waals surface area contributed by atoms with E-state index in [4.69, 9.17) is 22.7 Å². The lowest BCUT2D eigenvalue weighted by Gasteiger charge is -2.29. The van der Waals surface area contributed by atoms with Gasteiger partial charge in [0.15, 0.2) is 0 Å². The Morgan fingerprint density at radius 3 is 2.80 bits per heavy atom. The first kappa shape index (κ1) is 15.2. The number of halogens is 1. The molecular weight excluding hydrogens is 277 g/mol. The molecule has 0 bridgehead atoms. The standard InChI is InChI=1S/C14H20FN3OS/c1-10(9-18-4-6-19-7-5-18)17-11-2-3-12(14(16)20)13(15)8-11/h2-3,8,10,17H,4-7,9H2,1H3,(H2,16,20). The van der Waals surface area contributed by atoms with Crippen molar-refractivity contribution in [2.45, 2.75) is 13.0 Å². The van der Waals surface area contributed by atoms with Crippen molar-refractivity contribution in [2.75, 3.05) is 38.2 Å². The van der Waals surface area contributed by atoms with E-state index in [0.29, 0.717) is 0 Å². The van der Waals surface area contributed by atoms with E-state index in [1.165, 1.54) is 6.07 Å². The summed E-state index contributed by atoms with van der Waals surface area (Å²) >= 11 is 4.79. The summed E-state index contributed by atoms with van der Waals surface area (Å²) in [6.07, 6.45) is 0. The zero-order chi connectivity index (χ0) is 14.5. The van der Waals surface area contributed by atoms with Crippen LogP contribution < -0.4 is 11.1 Å². The quantitative estimate of drug-likeness (QED) is 0.808.